The molecule has 1 fully saturated rings. The molecule has 3 heterocycles. The van der Waals surface area contributed by atoms with Crippen LogP contribution in [-0.4, -0.2) is 62.4 Å². The first kappa shape index (κ1) is 19.0. The summed E-state index contributed by atoms with van der Waals surface area (Å²) < 4.78 is 4.96. The average molecular weight is 372 g/mol. The second-order valence-electron chi connectivity index (χ2n) is 6.48. The van der Waals surface area contributed by atoms with Gasteiger partial charge in [0.25, 0.3) is 0 Å². The quantitative estimate of drug-likeness (QED) is 0.755. The Morgan fingerprint density at radius 2 is 2.33 bits per heavy atom. The van der Waals surface area contributed by atoms with Crippen molar-refractivity contribution in [2.75, 3.05) is 19.6 Å². The highest BCUT2D eigenvalue weighted by atomic mass is 16.5. The summed E-state index contributed by atoms with van der Waals surface area (Å²) in [6, 6.07) is 3.33. The number of hydrogen-bond acceptors (Lipinski definition) is 7. The molecule has 0 radical (unpaired) electrons. The van der Waals surface area contributed by atoms with Crippen molar-refractivity contribution < 1.29 is 14.1 Å². The van der Waals surface area contributed by atoms with Crippen LogP contribution in [0.4, 0.5) is 0 Å². The first-order valence-electron chi connectivity index (χ1n) is 9.04. The second kappa shape index (κ2) is 8.72. The van der Waals surface area contributed by atoms with E-state index in [0.717, 1.165) is 5.56 Å². The fraction of sp³-hybridized carbons (Fsp3) is 0.500. The Labute approximate surface area is 157 Å². The van der Waals surface area contributed by atoms with E-state index in [1.54, 1.807) is 24.2 Å². The molecule has 1 atom stereocenters. The lowest BCUT2D eigenvalue weighted by molar-refractivity contribution is -0.139. The van der Waals surface area contributed by atoms with E-state index in [1.807, 2.05) is 24.0 Å². The summed E-state index contributed by atoms with van der Waals surface area (Å²) in [6.45, 7) is 6.21. The number of nitrogens with zero attached hydrogens (tertiary/aromatic N) is 5. The molecule has 27 heavy (non-hydrogen) atoms. The molecule has 0 aromatic carbocycles. The maximum Gasteiger partial charge on any atom is 0.237 e. The molecule has 0 aliphatic carbocycles. The monoisotopic (exact) mass is 372 g/mol. The molecular formula is C18H24N6O3. The molecule has 9 nitrogen and oxygen atoms in total. The molecule has 1 aliphatic rings. The van der Waals surface area contributed by atoms with Crippen LogP contribution < -0.4 is 5.32 Å². The molecule has 3 rings (SSSR count). The fourth-order valence-corrected chi connectivity index (χ4v) is 3.15. The third-order valence-corrected chi connectivity index (χ3v) is 4.55. The Morgan fingerprint density at radius 3 is 3.00 bits per heavy atom. The van der Waals surface area contributed by atoms with Gasteiger partial charge in [0, 0.05) is 45.5 Å². The lowest BCUT2D eigenvalue weighted by atomic mass is 10.1. The summed E-state index contributed by atoms with van der Waals surface area (Å²) >= 11 is 0. The molecule has 0 bridgehead atoms. The van der Waals surface area contributed by atoms with Crippen molar-refractivity contribution in [2.45, 2.75) is 39.4 Å². The van der Waals surface area contributed by atoms with E-state index in [1.165, 1.54) is 0 Å². The Morgan fingerprint density at radius 1 is 1.48 bits per heavy atom. The molecule has 1 aliphatic heterocycles. The Bertz CT molecular complexity index is 778. The molecule has 2 aromatic rings. The van der Waals surface area contributed by atoms with E-state index in [2.05, 4.69) is 20.4 Å². The number of piperazine rings is 1. The molecular weight excluding hydrogens is 348 g/mol. The lowest BCUT2D eigenvalue weighted by Crippen LogP contribution is -2.56. The van der Waals surface area contributed by atoms with Crippen molar-refractivity contribution >= 4 is 11.8 Å². The number of aryl methyl sites for hydroxylation is 1. The number of rotatable bonds is 7. The lowest BCUT2D eigenvalue weighted by Gasteiger charge is -2.35. The van der Waals surface area contributed by atoms with Crippen LogP contribution in [0, 0.1) is 6.92 Å². The minimum Gasteiger partial charge on any atom is -0.353 e. The predicted molar refractivity (Wildman–Crippen MR) is 96.2 cm³/mol. The third kappa shape index (κ3) is 4.88. The summed E-state index contributed by atoms with van der Waals surface area (Å²) in [4.78, 5) is 37.2. The van der Waals surface area contributed by atoms with Gasteiger partial charge in [-0.2, -0.15) is 4.98 Å². The SMILES string of the molecule is CCN(Cc1noc(C)n1)C(=O)C[C@H]1C(=O)NCCN1Cc1cccnc1. The number of hydrogen-bond donors (Lipinski definition) is 1. The van der Waals surface area contributed by atoms with Crippen molar-refractivity contribution in [3.05, 3.63) is 41.8 Å². The smallest absolute Gasteiger partial charge is 0.237 e. The Kier molecular flexibility index (Phi) is 6.12. The normalized spacial score (nSPS) is 17.6. The van der Waals surface area contributed by atoms with Crippen LogP contribution in [-0.2, 0) is 22.7 Å². The van der Waals surface area contributed by atoms with Crippen LogP contribution in [0.5, 0.6) is 0 Å². The fourth-order valence-electron chi connectivity index (χ4n) is 3.15. The molecule has 144 valence electrons. The molecule has 1 saturated heterocycles. The van der Waals surface area contributed by atoms with Gasteiger partial charge in [0.1, 0.15) is 0 Å². The molecule has 9 heteroatoms. The number of pyridine rings is 1. The maximum atomic E-state index is 12.8. The summed E-state index contributed by atoms with van der Waals surface area (Å²) in [5.41, 5.74) is 1.01. The van der Waals surface area contributed by atoms with Gasteiger partial charge in [-0.05, 0) is 18.6 Å². The third-order valence-electron chi connectivity index (χ3n) is 4.55. The zero-order chi connectivity index (χ0) is 19.2. The summed E-state index contributed by atoms with van der Waals surface area (Å²) in [6.07, 6.45) is 3.60. The number of aromatic nitrogens is 3. The van der Waals surface area contributed by atoms with Gasteiger partial charge in [-0.25, -0.2) is 0 Å². The highest BCUT2D eigenvalue weighted by molar-refractivity contribution is 5.88. The zero-order valence-electron chi connectivity index (χ0n) is 15.6. The number of nitrogens with one attached hydrogen (secondary N) is 1. The average Bonchev–Trinajstić information content (AvgIpc) is 3.08. The minimum atomic E-state index is -0.507. The van der Waals surface area contributed by atoms with Crippen LogP contribution in [0.25, 0.3) is 0 Å². The van der Waals surface area contributed by atoms with Crippen molar-refractivity contribution in [3.8, 4) is 0 Å². The van der Waals surface area contributed by atoms with E-state index in [4.69, 9.17) is 4.52 Å². The van der Waals surface area contributed by atoms with Crippen molar-refractivity contribution in [2.24, 2.45) is 0 Å². The van der Waals surface area contributed by atoms with Gasteiger partial charge in [-0.15, -0.1) is 0 Å². The van der Waals surface area contributed by atoms with E-state index in [0.29, 0.717) is 37.9 Å². The summed E-state index contributed by atoms with van der Waals surface area (Å²) in [5.74, 6) is 0.689. The summed E-state index contributed by atoms with van der Waals surface area (Å²) in [7, 11) is 0. The predicted octanol–water partition coefficient (Wildman–Crippen LogP) is 0.512. The molecule has 0 spiro atoms. The van der Waals surface area contributed by atoms with Crippen molar-refractivity contribution in [1.82, 2.24) is 30.2 Å². The second-order valence-corrected chi connectivity index (χ2v) is 6.48. The van der Waals surface area contributed by atoms with Gasteiger partial charge in [-0.1, -0.05) is 11.2 Å². The van der Waals surface area contributed by atoms with E-state index in [9.17, 15) is 9.59 Å². The Balaban J connectivity index is 1.67. The van der Waals surface area contributed by atoms with Gasteiger partial charge < -0.3 is 14.7 Å². The Hall–Kier alpha value is -2.81. The van der Waals surface area contributed by atoms with Crippen LogP contribution in [0.2, 0.25) is 0 Å². The van der Waals surface area contributed by atoms with E-state index < -0.39 is 6.04 Å². The topological polar surface area (TPSA) is 104 Å². The standard InChI is InChI=1S/C18H24N6O3/c1-3-23(12-16-21-13(2)27-22-16)17(25)9-15-18(26)20-7-8-24(15)11-14-5-4-6-19-10-14/h4-6,10,15H,3,7-9,11-12H2,1-2H3,(H,20,26)/t15-/m0/s1. The van der Waals surface area contributed by atoms with Gasteiger partial charge in [0.15, 0.2) is 5.82 Å². The molecule has 0 saturated carbocycles. The molecule has 0 unspecified atom stereocenters. The van der Waals surface area contributed by atoms with Gasteiger partial charge in [0.2, 0.25) is 17.7 Å². The first-order chi connectivity index (χ1) is 13.1. The van der Waals surface area contributed by atoms with Crippen LogP contribution >= 0.6 is 0 Å². The van der Waals surface area contributed by atoms with Crippen LogP contribution in [0.1, 0.15) is 30.6 Å². The highest BCUT2D eigenvalue weighted by Crippen LogP contribution is 2.15. The molecule has 2 amide bonds. The maximum absolute atomic E-state index is 12.8. The van der Waals surface area contributed by atoms with E-state index in [-0.39, 0.29) is 24.8 Å². The van der Waals surface area contributed by atoms with Gasteiger partial charge in [-0.3, -0.25) is 19.5 Å². The van der Waals surface area contributed by atoms with Crippen molar-refractivity contribution in [1.29, 1.82) is 0 Å². The first-order valence-corrected chi connectivity index (χ1v) is 9.04. The van der Waals surface area contributed by atoms with Crippen molar-refractivity contribution in [3.63, 3.8) is 0 Å². The minimum absolute atomic E-state index is 0.108. The number of carbonyl (C=O) groups excluding carboxylic acids is 2. The van der Waals surface area contributed by atoms with E-state index >= 15 is 0 Å². The molecule has 1 N–H and O–H groups in total. The van der Waals surface area contributed by atoms with Crippen LogP contribution in [0.15, 0.2) is 29.0 Å². The zero-order valence-corrected chi connectivity index (χ0v) is 15.6. The van der Waals surface area contributed by atoms with Gasteiger partial charge in [0.05, 0.1) is 19.0 Å². The largest absolute Gasteiger partial charge is 0.353 e. The number of carbonyl (C=O) groups is 2. The van der Waals surface area contributed by atoms with Crippen LogP contribution in [0.3, 0.4) is 0 Å². The summed E-state index contributed by atoms with van der Waals surface area (Å²) in [5, 5.41) is 6.70. The highest BCUT2D eigenvalue weighted by Gasteiger charge is 2.33. The van der Waals surface area contributed by atoms with Gasteiger partial charge >= 0.3 is 0 Å². The number of amides is 2. The molecule has 2 aromatic heterocycles.